The molecule has 0 aliphatic heterocycles. The highest BCUT2D eigenvalue weighted by Crippen LogP contribution is 2.18. The highest BCUT2D eigenvalue weighted by Gasteiger charge is 2.03. The summed E-state index contributed by atoms with van der Waals surface area (Å²) < 4.78 is 5.45. The van der Waals surface area contributed by atoms with Gasteiger partial charge in [0, 0.05) is 4.90 Å². The van der Waals surface area contributed by atoms with Crippen LogP contribution in [0.15, 0.2) is 58.5 Å². The number of hydrogen-bond donors (Lipinski definition) is 1. The quantitative estimate of drug-likeness (QED) is 0.469. The molecule has 5 heteroatoms. The molecule has 2 aromatic rings. The Morgan fingerprint density at radius 3 is 2.42 bits per heavy atom. The molecule has 0 fully saturated rings. The monoisotopic (exact) mass is 342 g/mol. The Morgan fingerprint density at radius 2 is 1.83 bits per heavy atom. The molecular weight excluding hydrogens is 320 g/mol. The molecule has 0 aliphatic rings. The minimum absolute atomic E-state index is 0.0657. The molecule has 24 heavy (non-hydrogen) atoms. The Balaban J connectivity index is 1.77. The molecule has 4 nitrogen and oxygen atoms in total. The second kappa shape index (κ2) is 9.13. The normalized spacial score (nSPS) is 11.0. The molecule has 126 valence electrons. The van der Waals surface area contributed by atoms with Gasteiger partial charge in [0.05, 0.1) is 6.21 Å². The van der Waals surface area contributed by atoms with E-state index in [1.54, 1.807) is 18.0 Å². The lowest BCUT2D eigenvalue weighted by Crippen LogP contribution is -2.24. The van der Waals surface area contributed by atoms with Crippen LogP contribution in [0.2, 0.25) is 0 Å². The van der Waals surface area contributed by atoms with E-state index in [-0.39, 0.29) is 12.5 Å². The van der Waals surface area contributed by atoms with E-state index in [4.69, 9.17) is 4.74 Å². The van der Waals surface area contributed by atoms with Gasteiger partial charge in [-0.1, -0.05) is 38.1 Å². The van der Waals surface area contributed by atoms with E-state index in [1.807, 2.05) is 54.8 Å². The Kier molecular flexibility index (Phi) is 6.88. The van der Waals surface area contributed by atoms with E-state index < -0.39 is 0 Å². The van der Waals surface area contributed by atoms with Gasteiger partial charge in [-0.25, -0.2) is 5.43 Å². The lowest BCUT2D eigenvalue weighted by atomic mass is 10.0. The van der Waals surface area contributed by atoms with Crippen molar-refractivity contribution in [2.24, 2.45) is 5.10 Å². The summed E-state index contributed by atoms with van der Waals surface area (Å²) in [5, 5.41) is 3.94. The molecule has 0 saturated heterocycles. The smallest absolute Gasteiger partial charge is 0.277 e. The summed E-state index contributed by atoms with van der Waals surface area (Å²) in [5.74, 6) is 0.854. The van der Waals surface area contributed by atoms with Gasteiger partial charge >= 0.3 is 0 Å². The van der Waals surface area contributed by atoms with Crippen LogP contribution in [0.25, 0.3) is 0 Å². The summed E-state index contributed by atoms with van der Waals surface area (Å²) in [7, 11) is 0. The number of thioether (sulfide) groups is 1. The highest BCUT2D eigenvalue weighted by atomic mass is 32.2. The topological polar surface area (TPSA) is 50.7 Å². The molecule has 0 aromatic heterocycles. The molecule has 2 rings (SSSR count). The predicted octanol–water partition coefficient (Wildman–Crippen LogP) is 4.06. The van der Waals surface area contributed by atoms with Crippen molar-refractivity contribution in [1.82, 2.24) is 5.43 Å². The van der Waals surface area contributed by atoms with Crippen LogP contribution in [0.1, 0.15) is 30.9 Å². The zero-order valence-electron chi connectivity index (χ0n) is 14.2. The molecule has 1 N–H and O–H groups in total. The number of rotatable bonds is 7. The first-order chi connectivity index (χ1) is 11.6. The molecule has 2 aromatic carbocycles. The molecule has 0 bridgehead atoms. The van der Waals surface area contributed by atoms with Gasteiger partial charge in [-0.15, -0.1) is 11.8 Å². The third-order valence-corrected chi connectivity index (χ3v) is 4.18. The van der Waals surface area contributed by atoms with Crippen LogP contribution in [0.3, 0.4) is 0 Å². The van der Waals surface area contributed by atoms with Crippen LogP contribution in [0, 0.1) is 0 Å². The van der Waals surface area contributed by atoms with Crippen LogP contribution in [-0.4, -0.2) is 25.0 Å². The molecule has 0 heterocycles. The van der Waals surface area contributed by atoms with Crippen molar-refractivity contribution in [3.63, 3.8) is 0 Å². The molecule has 0 spiro atoms. The fraction of sp³-hybridized carbons (Fsp3) is 0.263. The Bertz CT molecular complexity index is 680. The SMILES string of the molecule is CSc1ccc(/C=N/NC(=O)COc2ccc(C(C)C)cc2)cc1. The summed E-state index contributed by atoms with van der Waals surface area (Å²) in [6.07, 6.45) is 3.64. The maximum atomic E-state index is 11.7. The Labute approximate surface area is 147 Å². The third-order valence-electron chi connectivity index (χ3n) is 3.44. The van der Waals surface area contributed by atoms with Crippen molar-refractivity contribution in [3.05, 3.63) is 59.7 Å². The lowest BCUT2D eigenvalue weighted by Gasteiger charge is -2.08. The van der Waals surface area contributed by atoms with E-state index in [0.717, 1.165) is 5.56 Å². The van der Waals surface area contributed by atoms with Crippen molar-refractivity contribution in [2.75, 3.05) is 12.9 Å². The van der Waals surface area contributed by atoms with Gasteiger partial charge in [0.15, 0.2) is 6.61 Å². The van der Waals surface area contributed by atoms with Gasteiger partial charge in [-0.05, 0) is 47.6 Å². The fourth-order valence-corrected chi connectivity index (χ4v) is 2.41. The van der Waals surface area contributed by atoms with Gasteiger partial charge < -0.3 is 4.74 Å². The first-order valence-electron chi connectivity index (χ1n) is 7.77. The number of ether oxygens (including phenoxy) is 1. The van der Waals surface area contributed by atoms with Crippen molar-refractivity contribution >= 4 is 23.9 Å². The third kappa shape index (κ3) is 5.74. The Hall–Kier alpha value is -2.27. The maximum absolute atomic E-state index is 11.7. The van der Waals surface area contributed by atoms with Gasteiger partial charge in [0.1, 0.15) is 5.75 Å². The van der Waals surface area contributed by atoms with Crippen LogP contribution < -0.4 is 10.2 Å². The van der Waals surface area contributed by atoms with Gasteiger partial charge in [0.2, 0.25) is 0 Å². The number of nitrogens with zero attached hydrogens (tertiary/aromatic N) is 1. The minimum Gasteiger partial charge on any atom is -0.484 e. The number of hydrogen-bond acceptors (Lipinski definition) is 4. The van der Waals surface area contributed by atoms with Gasteiger partial charge in [-0.3, -0.25) is 4.79 Å². The highest BCUT2D eigenvalue weighted by molar-refractivity contribution is 7.98. The molecular formula is C19H22N2O2S. The number of carbonyl (C=O) groups excluding carboxylic acids is 1. The molecule has 0 radical (unpaired) electrons. The van der Waals surface area contributed by atoms with E-state index in [1.165, 1.54) is 10.5 Å². The standard InChI is InChI=1S/C19H22N2O2S/c1-14(2)16-6-8-17(9-7-16)23-13-19(22)21-20-12-15-4-10-18(24-3)11-5-15/h4-12,14H,13H2,1-3H3,(H,21,22)/b20-12+. The summed E-state index contributed by atoms with van der Waals surface area (Å²) in [6, 6.07) is 15.7. The second-order valence-electron chi connectivity index (χ2n) is 5.58. The summed E-state index contributed by atoms with van der Waals surface area (Å²) in [4.78, 5) is 12.9. The zero-order chi connectivity index (χ0) is 17.4. The molecule has 1 amide bonds. The number of nitrogens with one attached hydrogen (secondary N) is 1. The minimum atomic E-state index is -0.292. The number of hydrazone groups is 1. The zero-order valence-corrected chi connectivity index (χ0v) is 15.0. The number of amides is 1. The van der Waals surface area contributed by atoms with Crippen molar-refractivity contribution in [1.29, 1.82) is 0 Å². The van der Waals surface area contributed by atoms with Gasteiger partial charge in [-0.2, -0.15) is 5.10 Å². The molecule has 0 saturated carbocycles. The summed E-state index contributed by atoms with van der Waals surface area (Å²) >= 11 is 1.68. The first kappa shape index (κ1) is 18.1. The molecule has 0 unspecified atom stereocenters. The van der Waals surface area contributed by atoms with Gasteiger partial charge in [0.25, 0.3) is 5.91 Å². The number of benzene rings is 2. The van der Waals surface area contributed by atoms with Crippen molar-refractivity contribution < 1.29 is 9.53 Å². The number of carbonyl (C=O) groups is 1. The van der Waals surface area contributed by atoms with E-state index in [9.17, 15) is 4.79 Å². The largest absolute Gasteiger partial charge is 0.484 e. The Morgan fingerprint density at radius 1 is 1.17 bits per heavy atom. The fourth-order valence-electron chi connectivity index (χ4n) is 2.00. The van der Waals surface area contributed by atoms with Crippen molar-refractivity contribution in [3.8, 4) is 5.75 Å². The lowest BCUT2D eigenvalue weighted by molar-refractivity contribution is -0.123. The van der Waals surface area contributed by atoms with E-state index >= 15 is 0 Å². The average molecular weight is 342 g/mol. The van der Waals surface area contributed by atoms with Crippen LogP contribution in [0.4, 0.5) is 0 Å². The van der Waals surface area contributed by atoms with Crippen LogP contribution in [-0.2, 0) is 4.79 Å². The molecule has 0 atom stereocenters. The summed E-state index contributed by atoms with van der Waals surface area (Å²) in [5.41, 5.74) is 4.63. The first-order valence-corrected chi connectivity index (χ1v) is 8.99. The predicted molar refractivity (Wildman–Crippen MR) is 100.0 cm³/mol. The maximum Gasteiger partial charge on any atom is 0.277 e. The van der Waals surface area contributed by atoms with Crippen LogP contribution in [0.5, 0.6) is 5.75 Å². The second-order valence-corrected chi connectivity index (χ2v) is 6.46. The molecule has 0 aliphatic carbocycles. The average Bonchev–Trinajstić information content (AvgIpc) is 2.61. The summed E-state index contributed by atoms with van der Waals surface area (Å²) in [6.45, 7) is 4.20. The van der Waals surface area contributed by atoms with E-state index in [0.29, 0.717) is 11.7 Å². The van der Waals surface area contributed by atoms with Crippen LogP contribution >= 0.6 is 11.8 Å². The van der Waals surface area contributed by atoms with Crippen molar-refractivity contribution in [2.45, 2.75) is 24.7 Å². The van der Waals surface area contributed by atoms with E-state index in [2.05, 4.69) is 24.4 Å².